The number of anilines is 1. The lowest BCUT2D eigenvalue weighted by molar-refractivity contribution is -0.131. The molecular formula is C17H19Cl2N3O. The second kappa shape index (κ2) is 6.93. The zero-order valence-corrected chi connectivity index (χ0v) is 14.5. The summed E-state index contributed by atoms with van der Waals surface area (Å²) in [6.07, 6.45) is 4.86. The summed E-state index contributed by atoms with van der Waals surface area (Å²) in [5, 5.41) is 4.15. The number of allylic oxidation sites excluding steroid dienone is 2. The Balaban J connectivity index is 1.74. The number of hydrogen-bond acceptors (Lipinski definition) is 3. The van der Waals surface area contributed by atoms with Crippen LogP contribution in [0.5, 0.6) is 0 Å². The van der Waals surface area contributed by atoms with Crippen LogP contribution in [-0.2, 0) is 4.79 Å². The van der Waals surface area contributed by atoms with Crippen LogP contribution in [-0.4, -0.2) is 29.9 Å². The van der Waals surface area contributed by atoms with Gasteiger partial charge in [0.15, 0.2) is 0 Å². The van der Waals surface area contributed by atoms with Crippen LogP contribution >= 0.6 is 23.2 Å². The van der Waals surface area contributed by atoms with Gasteiger partial charge in [-0.1, -0.05) is 40.9 Å². The summed E-state index contributed by atoms with van der Waals surface area (Å²) in [6.45, 7) is 3.31. The van der Waals surface area contributed by atoms with E-state index in [9.17, 15) is 4.79 Å². The summed E-state index contributed by atoms with van der Waals surface area (Å²) in [6, 6.07) is 5.30. The average Bonchev–Trinajstić information content (AvgIpc) is 2.99. The first-order valence-electron chi connectivity index (χ1n) is 7.79. The van der Waals surface area contributed by atoms with E-state index in [1.165, 1.54) is 5.57 Å². The number of carbonyl (C=O) groups is 1. The highest BCUT2D eigenvalue weighted by atomic mass is 35.5. The molecule has 1 aliphatic carbocycles. The molecule has 0 saturated heterocycles. The van der Waals surface area contributed by atoms with E-state index in [-0.39, 0.29) is 11.8 Å². The summed E-state index contributed by atoms with van der Waals surface area (Å²) >= 11 is 12.4. The molecule has 3 rings (SSSR count). The quantitative estimate of drug-likeness (QED) is 0.805. The lowest BCUT2D eigenvalue weighted by Gasteiger charge is -2.26. The number of rotatable bonds is 2. The molecular weight excluding hydrogens is 333 g/mol. The maximum Gasteiger partial charge on any atom is 0.232 e. The van der Waals surface area contributed by atoms with E-state index in [2.05, 4.69) is 23.3 Å². The molecule has 1 atom stereocenters. The fourth-order valence-electron chi connectivity index (χ4n) is 2.91. The Morgan fingerprint density at radius 2 is 2.09 bits per heavy atom. The minimum atomic E-state index is 0.0329. The summed E-state index contributed by atoms with van der Waals surface area (Å²) in [4.78, 5) is 18.9. The first-order valence-corrected chi connectivity index (χ1v) is 8.54. The molecule has 0 aromatic heterocycles. The highest BCUT2D eigenvalue weighted by molar-refractivity contribution is 6.39. The van der Waals surface area contributed by atoms with Crippen molar-refractivity contribution in [2.75, 3.05) is 18.4 Å². The van der Waals surface area contributed by atoms with Crippen molar-refractivity contribution in [2.45, 2.75) is 26.2 Å². The Labute approximate surface area is 146 Å². The predicted octanol–water partition coefficient (Wildman–Crippen LogP) is 4.35. The number of nitrogens with one attached hydrogen (secondary N) is 1. The molecule has 0 saturated carbocycles. The highest BCUT2D eigenvalue weighted by Gasteiger charge is 2.31. The van der Waals surface area contributed by atoms with Crippen molar-refractivity contribution in [2.24, 2.45) is 10.9 Å². The van der Waals surface area contributed by atoms with Crippen LogP contribution in [0.2, 0.25) is 10.0 Å². The summed E-state index contributed by atoms with van der Waals surface area (Å²) in [7, 11) is 0. The van der Waals surface area contributed by atoms with Crippen molar-refractivity contribution in [1.29, 1.82) is 0 Å². The Hall–Kier alpha value is -1.52. The lowest BCUT2D eigenvalue weighted by atomic mass is 9.89. The number of guanidine groups is 1. The third-order valence-corrected chi connectivity index (χ3v) is 4.92. The Bertz CT molecular complexity index is 664. The number of benzene rings is 1. The summed E-state index contributed by atoms with van der Waals surface area (Å²) in [5.41, 5.74) is 1.96. The van der Waals surface area contributed by atoms with E-state index >= 15 is 0 Å². The van der Waals surface area contributed by atoms with E-state index in [1.807, 2.05) is 0 Å². The van der Waals surface area contributed by atoms with Crippen LogP contribution in [0.1, 0.15) is 26.2 Å². The molecule has 0 fully saturated rings. The maximum atomic E-state index is 12.8. The minimum Gasteiger partial charge on any atom is -0.323 e. The standard InChI is InChI=1S/C17H19Cl2N3O/c1-11-5-7-12(8-6-11)16(23)22-10-9-20-17(22)21-15-13(18)3-2-4-14(15)19/h2-5,12H,6-10H2,1H3,(H,20,21). The van der Waals surface area contributed by atoms with E-state index in [0.29, 0.717) is 34.8 Å². The van der Waals surface area contributed by atoms with Gasteiger partial charge in [-0.3, -0.25) is 14.7 Å². The van der Waals surface area contributed by atoms with Crippen LogP contribution in [0.4, 0.5) is 5.69 Å². The second-order valence-corrected chi connectivity index (χ2v) is 6.75. The SMILES string of the molecule is CC1=CCC(C(=O)N2CCN=C2Nc2c(Cl)cccc2Cl)CC1. The molecule has 1 aromatic rings. The molecule has 1 N–H and O–H groups in total. The zero-order chi connectivity index (χ0) is 16.4. The van der Waals surface area contributed by atoms with Crippen LogP contribution in [0.3, 0.4) is 0 Å². The number of para-hydroxylation sites is 1. The van der Waals surface area contributed by atoms with Crippen molar-refractivity contribution in [3.63, 3.8) is 0 Å². The number of nitrogens with zero attached hydrogens (tertiary/aromatic N) is 2. The van der Waals surface area contributed by atoms with Gasteiger partial charge in [-0.05, 0) is 38.3 Å². The molecule has 1 aromatic carbocycles. The fourth-order valence-corrected chi connectivity index (χ4v) is 3.40. The Morgan fingerprint density at radius 3 is 2.74 bits per heavy atom. The molecule has 0 radical (unpaired) electrons. The molecule has 0 spiro atoms. The molecule has 1 heterocycles. The first kappa shape index (κ1) is 16.3. The van der Waals surface area contributed by atoms with E-state index in [4.69, 9.17) is 23.2 Å². The van der Waals surface area contributed by atoms with Crippen molar-refractivity contribution in [3.8, 4) is 0 Å². The van der Waals surface area contributed by atoms with Gasteiger partial charge in [0.1, 0.15) is 0 Å². The molecule has 0 bridgehead atoms. The highest BCUT2D eigenvalue weighted by Crippen LogP contribution is 2.31. The van der Waals surface area contributed by atoms with Gasteiger partial charge in [-0.25, -0.2) is 0 Å². The Kier molecular flexibility index (Phi) is 4.93. The van der Waals surface area contributed by atoms with Crippen LogP contribution in [0.15, 0.2) is 34.8 Å². The van der Waals surface area contributed by atoms with E-state index < -0.39 is 0 Å². The van der Waals surface area contributed by atoms with Gasteiger partial charge in [0.2, 0.25) is 11.9 Å². The molecule has 1 aliphatic heterocycles. The largest absolute Gasteiger partial charge is 0.323 e. The number of carbonyl (C=O) groups excluding carboxylic acids is 1. The lowest BCUT2D eigenvalue weighted by Crippen LogP contribution is -2.42. The minimum absolute atomic E-state index is 0.0329. The zero-order valence-electron chi connectivity index (χ0n) is 13.0. The predicted molar refractivity (Wildman–Crippen MR) is 95.2 cm³/mol. The van der Waals surface area contributed by atoms with Gasteiger partial charge < -0.3 is 5.32 Å². The van der Waals surface area contributed by atoms with Gasteiger partial charge in [0.05, 0.1) is 22.3 Å². The smallest absolute Gasteiger partial charge is 0.232 e. The van der Waals surface area contributed by atoms with Crippen molar-refractivity contribution < 1.29 is 4.79 Å². The van der Waals surface area contributed by atoms with Crippen molar-refractivity contribution in [3.05, 3.63) is 39.9 Å². The fraction of sp³-hybridized carbons (Fsp3) is 0.412. The summed E-state index contributed by atoms with van der Waals surface area (Å²) < 4.78 is 0. The van der Waals surface area contributed by atoms with Crippen LogP contribution < -0.4 is 5.32 Å². The number of aliphatic imine (C=N–C) groups is 1. The normalized spacial score (nSPS) is 21.0. The van der Waals surface area contributed by atoms with Crippen LogP contribution in [0.25, 0.3) is 0 Å². The van der Waals surface area contributed by atoms with E-state index in [1.54, 1.807) is 23.1 Å². The van der Waals surface area contributed by atoms with Gasteiger partial charge in [-0.15, -0.1) is 0 Å². The van der Waals surface area contributed by atoms with Gasteiger partial charge >= 0.3 is 0 Å². The molecule has 2 aliphatic rings. The van der Waals surface area contributed by atoms with Crippen molar-refractivity contribution >= 4 is 40.8 Å². The van der Waals surface area contributed by atoms with Crippen molar-refractivity contribution in [1.82, 2.24) is 4.90 Å². The van der Waals surface area contributed by atoms with Gasteiger partial charge in [0.25, 0.3) is 0 Å². The molecule has 1 unspecified atom stereocenters. The monoisotopic (exact) mass is 351 g/mol. The number of halogens is 2. The van der Waals surface area contributed by atoms with E-state index in [0.717, 1.165) is 19.3 Å². The molecule has 1 amide bonds. The third kappa shape index (κ3) is 3.54. The summed E-state index contributed by atoms with van der Waals surface area (Å²) in [5.74, 6) is 0.697. The molecule has 122 valence electrons. The number of hydrogen-bond donors (Lipinski definition) is 1. The maximum absolute atomic E-state index is 12.8. The average molecular weight is 352 g/mol. The first-order chi connectivity index (χ1) is 11.1. The van der Waals surface area contributed by atoms with Crippen LogP contribution in [0, 0.1) is 5.92 Å². The van der Waals surface area contributed by atoms with Gasteiger partial charge in [-0.2, -0.15) is 0 Å². The topological polar surface area (TPSA) is 44.7 Å². The number of amides is 1. The molecule has 23 heavy (non-hydrogen) atoms. The molecule has 6 heteroatoms. The second-order valence-electron chi connectivity index (χ2n) is 5.94. The molecule has 4 nitrogen and oxygen atoms in total. The Morgan fingerprint density at radius 1 is 1.35 bits per heavy atom. The van der Waals surface area contributed by atoms with Gasteiger partial charge in [0, 0.05) is 12.5 Å². The third-order valence-electron chi connectivity index (χ3n) is 4.29.